The molecule has 0 bridgehead atoms. The summed E-state index contributed by atoms with van der Waals surface area (Å²) in [5, 5.41) is 3.15. The van der Waals surface area contributed by atoms with Crippen LogP contribution >= 0.6 is 0 Å². The smallest absolute Gasteiger partial charge is 0.326 e. The van der Waals surface area contributed by atoms with E-state index in [-0.39, 0.29) is 5.97 Å². The molecule has 0 rings (SSSR count). The Morgan fingerprint density at radius 2 is 1.62 bits per heavy atom. The summed E-state index contributed by atoms with van der Waals surface area (Å²) in [6.45, 7) is 17.5. The summed E-state index contributed by atoms with van der Waals surface area (Å²) < 4.78 is 5.22. The highest BCUT2D eigenvalue weighted by atomic mass is 16.5. The summed E-state index contributed by atoms with van der Waals surface area (Å²) in [6, 6.07) is 0.330. The predicted octanol–water partition coefficient (Wildman–Crippen LogP) is 2.92. The fraction of sp³-hybridized carbons (Fsp3) is 0.941. The summed E-state index contributed by atoms with van der Waals surface area (Å²) >= 11 is 0. The Morgan fingerprint density at radius 3 is 1.95 bits per heavy atom. The van der Waals surface area contributed by atoms with Crippen molar-refractivity contribution in [2.45, 2.75) is 66.5 Å². The number of nitrogens with one attached hydrogen (secondary N) is 1. The second kappa shape index (κ2) is 9.42. The normalized spacial score (nSPS) is 16.3. The maximum absolute atomic E-state index is 12.2. The van der Waals surface area contributed by atoms with Crippen LogP contribution in [0.2, 0.25) is 0 Å². The molecule has 0 aliphatic rings. The largest absolute Gasteiger partial charge is 0.465 e. The van der Waals surface area contributed by atoms with E-state index in [9.17, 15) is 4.79 Å². The number of carbonyl (C=O) groups is 1. The first kappa shape index (κ1) is 20.4. The Hall–Kier alpha value is -0.610. The fourth-order valence-electron chi connectivity index (χ4n) is 2.67. The maximum Gasteiger partial charge on any atom is 0.326 e. The van der Waals surface area contributed by atoms with Crippen LogP contribution in [0.15, 0.2) is 0 Å². The lowest BCUT2D eigenvalue weighted by atomic mass is 9.92. The van der Waals surface area contributed by atoms with Crippen molar-refractivity contribution in [1.29, 1.82) is 0 Å². The molecule has 0 heterocycles. The van der Waals surface area contributed by atoms with Crippen molar-refractivity contribution in [3.8, 4) is 0 Å². The maximum atomic E-state index is 12.2. The van der Waals surface area contributed by atoms with E-state index in [1.165, 1.54) is 0 Å². The molecular weight excluding hydrogens is 264 g/mol. The van der Waals surface area contributed by atoms with Gasteiger partial charge in [0.15, 0.2) is 0 Å². The van der Waals surface area contributed by atoms with Gasteiger partial charge in [-0.3, -0.25) is 4.79 Å². The molecule has 0 radical (unpaired) electrons. The highest BCUT2D eigenvalue weighted by Crippen LogP contribution is 2.20. The predicted molar refractivity (Wildman–Crippen MR) is 89.4 cm³/mol. The highest BCUT2D eigenvalue weighted by molar-refractivity contribution is 5.80. The Bertz CT molecular complexity index is 295. The molecule has 0 fully saturated rings. The third kappa shape index (κ3) is 7.28. The van der Waals surface area contributed by atoms with Crippen LogP contribution in [-0.4, -0.2) is 49.2 Å². The molecule has 0 aliphatic heterocycles. The number of nitrogens with zero attached hydrogens (tertiary/aromatic N) is 1. The first-order valence-electron chi connectivity index (χ1n) is 8.26. The molecule has 126 valence electrons. The van der Waals surface area contributed by atoms with Gasteiger partial charge in [-0.1, -0.05) is 27.7 Å². The van der Waals surface area contributed by atoms with E-state index in [0.29, 0.717) is 24.5 Å². The van der Waals surface area contributed by atoms with Gasteiger partial charge in [-0.25, -0.2) is 0 Å². The number of likely N-dealkylation sites (N-methyl/N-ethyl adjacent to an activating group) is 1. The Kier molecular flexibility index (Phi) is 9.14. The minimum Gasteiger partial charge on any atom is -0.465 e. The van der Waals surface area contributed by atoms with Crippen LogP contribution in [0.4, 0.5) is 0 Å². The van der Waals surface area contributed by atoms with Gasteiger partial charge in [0.25, 0.3) is 0 Å². The molecular formula is C17H36N2O2. The van der Waals surface area contributed by atoms with Crippen molar-refractivity contribution < 1.29 is 9.53 Å². The summed E-state index contributed by atoms with van der Waals surface area (Å²) in [6.07, 6.45) is 0.752. The lowest BCUT2D eigenvalue weighted by Crippen LogP contribution is -2.53. The molecule has 0 aromatic carbocycles. The highest BCUT2D eigenvalue weighted by Gasteiger charge is 2.36. The minimum absolute atomic E-state index is 0.159. The van der Waals surface area contributed by atoms with E-state index in [4.69, 9.17) is 4.74 Å². The number of carbonyl (C=O) groups excluding carboxylic acids is 1. The topological polar surface area (TPSA) is 41.6 Å². The van der Waals surface area contributed by atoms with Gasteiger partial charge in [-0.15, -0.1) is 0 Å². The van der Waals surface area contributed by atoms with E-state index >= 15 is 0 Å². The van der Waals surface area contributed by atoms with Crippen LogP contribution in [0.25, 0.3) is 0 Å². The van der Waals surface area contributed by atoms with Crippen molar-refractivity contribution in [2.75, 3.05) is 26.7 Å². The monoisotopic (exact) mass is 300 g/mol. The quantitative estimate of drug-likeness (QED) is 0.630. The van der Waals surface area contributed by atoms with E-state index in [1.807, 2.05) is 20.9 Å². The molecule has 0 spiro atoms. The average molecular weight is 300 g/mol. The Balaban J connectivity index is 4.90. The summed E-state index contributed by atoms with van der Waals surface area (Å²) in [5.74, 6) is 1.08. The van der Waals surface area contributed by atoms with E-state index in [1.54, 1.807) is 0 Å². The summed E-state index contributed by atoms with van der Waals surface area (Å²) in [7, 11) is 1.83. The molecule has 2 unspecified atom stereocenters. The summed E-state index contributed by atoms with van der Waals surface area (Å²) in [5.41, 5.74) is -0.623. The van der Waals surface area contributed by atoms with E-state index in [2.05, 4.69) is 44.8 Å². The van der Waals surface area contributed by atoms with Gasteiger partial charge in [0.05, 0.1) is 6.61 Å². The molecule has 21 heavy (non-hydrogen) atoms. The second-order valence-corrected chi connectivity index (χ2v) is 7.10. The number of ether oxygens (including phenoxy) is 1. The minimum atomic E-state index is -0.623. The molecule has 0 aromatic rings. The molecule has 2 atom stereocenters. The Labute approximate surface area is 131 Å². The number of esters is 1. The zero-order valence-electron chi connectivity index (χ0n) is 15.3. The van der Waals surface area contributed by atoms with Gasteiger partial charge in [0.1, 0.15) is 5.54 Å². The second-order valence-electron chi connectivity index (χ2n) is 7.10. The zero-order valence-corrected chi connectivity index (χ0v) is 15.3. The van der Waals surface area contributed by atoms with Crippen molar-refractivity contribution in [3.63, 3.8) is 0 Å². The first-order chi connectivity index (χ1) is 9.66. The van der Waals surface area contributed by atoms with Crippen molar-refractivity contribution >= 4 is 5.97 Å². The van der Waals surface area contributed by atoms with Gasteiger partial charge in [0, 0.05) is 19.1 Å². The van der Waals surface area contributed by atoms with Crippen molar-refractivity contribution in [1.82, 2.24) is 10.2 Å². The number of hydrogen-bond donors (Lipinski definition) is 1. The van der Waals surface area contributed by atoms with Crippen LogP contribution in [-0.2, 0) is 9.53 Å². The van der Waals surface area contributed by atoms with E-state index < -0.39 is 5.54 Å². The number of rotatable bonds is 10. The molecule has 0 aliphatic carbocycles. The third-order valence-corrected chi connectivity index (χ3v) is 3.80. The molecule has 1 N–H and O–H groups in total. The Morgan fingerprint density at radius 1 is 1.14 bits per heavy atom. The third-order valence-electron chi connectivity index (χ3n) is 3.80. The van der Waals surface area contributed by atoms with Crippen LogP contribution in [0.5, 0.6) is 0 Å². The van der Waals surface area contributed by atoms with Crippen LogP contribution in [0, 0.1) is 11.8 Å². The van der Waals surface area contributed by atoms with Gasteiger partial charge in [-0.05, 0) is 46.1 Å². The standard InChI is InChI=1S/C17H36N2O2/c1-9-21-16(20)17(7,18-8)10-15(6)19(11-13(2)3)12-14(4)5/h13-15,18H,9-12H2,1-8H3. The van der Waals surface area contributed by atoms with Gasteiger partial charge in [-0.2, -0.15) is 0 Å². The summed E-state index contributed by atoms with van der Waals surface area (Å²) in [4.78, 5) is 14.7. The molecule has 0 saturated carbocycles. The van der Waals surface area contributed by atoms with Crippen molar-refractivity contribution in [3.05, 3.63) is 0 Å². The molecule has 4 nitrogen and oxygen atoms in total. The van der Waals surface area contributed by atoms with Crippen molar-refractivity contribution in [2.24, 2.45) is 11.8 Å². The first-order valence-corrected chi connectivity index (χ1v) is 8.26. The molecule has 0 amide bonds. The lowest BCUT2D eigenvalue weighted by molar-refractivity contribution is -0.151. The zero-order chi connectivity index (χ0) is 16.6. The van der Waals surface area contributed by atoms with Gasteiger partial charge >= 0.3 is 5.97 Å². The fourth-order valence-corrected chi connectivity index (χ4v) is 2.67. The van der Waals surface area contributed by atoms with Crippen LogP contribution in [0.3, 0.4) is 0 Å². The lowest BCUT2D eigenvalue weighted by Gasteiger charge is -2.37. The molecule has 4 heteroatoms. The van der Waals surface area contributed by atoms with E-state index in [0.717, 1.165) is 19.5 Å². The molecule has 0 saturated heterocycles. The van der Waals surface area contributed by atoms with Gasteiger partial charge in [0.2, 0.25) is 0 Å². The van der Waals surface area contributed by atoms with Crippen LogP contribution < -0.4 is 5.32 Å². The average Bonchev–Trinajstić information content (AvgIpc) is 2.36. The van der Waals surface area contributed by atoms with Crippen LogP contribution in [0.1, 0.15) is 54.9 Å². The SMILES string of the molecule is CCOC(=O)C(C)(CC(C)N(CC(C)C)CC(C)C)NC. The molecule has 0 aromatic heterocycles. The van der Waals surface area contributed by atoms with Gasteiger partial charge < -0.3 is 15.0 Å². The number of hydrogen-bond acceptors (Lipinski definition) is 4.